The van der Waals surface area contributed by atoms with Crippen molar-refractivity contribution in [2.45, 2.75) is 70.6 Å². The Kier molecular flexibility index (Phi) is 7.17. The number of aromatic nitrogens is 2. The summed E-state index contributed by atoms with van der Waals surface area (Å²) < 4.78 is 20.6. The van der Waals surface area contributed by atoms with Gasteiger partial charge < -0.3 is 15.4 Å². The van der Waals surface area contributed by atoms with Crippen molar-refractivity contribution < 1.29 is 13.9 Å². The Balaban J connectivity index is 1.30. The van der Waals surface area contributed by atoms with Gasteiger partial charge in [0.1, 0.15) is 17.7 Å². The number of aryl methyl sites for hydroxylation is 1. The number of amides is 1. The monoisotopic (exact) mass is 513 g/mol. The van der Waals surface area contributed by atoms with Crippen LogP contribution in [0.5, 0.6) is 5.75 Å². The molecule has 3 aliphatic rings. The molecule has 1 unspecified atom stereocenters. The second-order valence-corrected chi connectivity index (χ2v) is 10.5. The number of benzene rings is 1. The van der Waals surface area contributed by atoms with Crippen LogP contribution in [0.3, 0.4) is 0 Å². The summed E-state index contributed by atoms with van der Waals surface area (Å²) >= 11 is 6.06. The number of ether oxygens (including phenoxy) is 1. The van der Waals surface area contributed by atoms with Gasteiger partial charge in [-0.25, -0.2) is 14.4 Å². The highest BCUT2D eigenvalue weighted by Crippen LogP contribution is 2.38. The smallest absolute Gasteiger partial charge is 0.258 e. The number of fused-ring (bicyclic) bond motifs is 2. The summed E-state index contributed by atoms with van der Waals surface area (Å²) in [5.41, 5.74) is 8.51. The van der Waals surface area contributed by atoms with Crippen molar-refractivity contribution in [3.05, 3.63) is 58.0 Å². The van der Waals surface area contributed by atoms with E-state index >= 15 is 0 Å². The lowest BCUT2D eigenvalue weighted by Crippen LogP contribution is -2.46. The van der Waals surface area contributed by atoms with E-state index in [0.29, 0.717) is 51.2 Å². The summed E-state index contributed by atoms with van der Waals surface area (Å²) in [6, 6.07) is 5.14. The zero-order valence-corrected chi connectivity index (χ0v) is 21.6. The molecule has 0 saturated carbocycles. The van der Waals surface area contributed by atoms with E-state index in [1.54, 1.807) is 11.8 Å². The molecule has 7 nitrogen and oxygen atoms in total. The van der Waals surface area contributed by atoms with Crippen molar-refractivity contribution in [3.8, 4) is 5.75 Å². The molecule has 9 heteroatoms. The summed E-state index contributed by atoms with van der Waals surface area (Å²) in [6.45, 7) is 5.66. The number of nitrogens with zero attached hydrogens (tertiary/aromatic N) is 4. The Morgan fingerprint density at radius 3 is 2.69 bits per heavy atom. The Labute approximate surface area is 216 Å². The van der Waals surface area contributed by atoms with E-state index in [-0.39, 0.29) is 25.1 Å². The van der Waals surface area contributed by atoms with Crippen LogP contribution in [0.2, 0.25) is 5.02 Å². The van der Waals surface area contributed by atoms with E-state index in [4.69, 9.17) is 22.1 Å². The molecule has 36 heavy (non-hydrogen) atoms. The lowest BCUT2D eigenvalue weighted by molar-refractivity contribution is 0.0474. The molecule has 0 spiro atoms. The van der Waals surface area contributed by atoms with E-state index in [1.807, 2.05) is 0 Å². The molecule has 3 atom stereocenters. The van der Waals surface area contributed by atoms with Crippen molar-refractivity contribution in [1.82, 2.24) is 19.8 Å². The molecule has 1 amide bonds. The molecule has 192 valence electrons. The Morgan fingerprint density at radius 2 is 2.00 bits per heavy atom. The Morgan fingerprint density at radius 1 is 1.25 bits per heavy atom. The highest BCUT2D eigenvalue weighted by molar-refractivity contribution is 6.31. The predicted molar refractivity (Wildman–Crippen MR) is 137 cm³/mol. The number of halogens is 2. The van der Waals surface area contributed by atoms with Gasteiger partial charge in [0.2, 0.25) is 0 Å². The zero-order valence-electron chi connectivity index (χ0n) is 20.8. The fourth-order valence-electron chi connectivity index (χ4n) is 5.75. The van der Waals surface area contributed by atoms with Gasteiger partial charge >= 0.3 is 0 Å². The largest absolute Gasteiger partial charge is 0.489 e. The summed E-state index contributed by atoms with van der Waals surface area (Å²) in [7, 11) is 0. The molecule has 1 aromatic carbocycles. The van der Waals surface area contributed by atoms with Crippen LogP contribution in [0.4, 0.5) is 4.39 Å². The lowest BCUT2D eigenvalue weighted by Gasteiger charge is -2.39. The first kappa shape index (κ1) is 25.0. The molecule has 2 N–H and O–H groups in total. The number of hydrogen-bond acceptors (Lipinski definition) is 6. The number of piperidine rings is 1. The van der Waals surface area contributed by atoms with Crippen molar-refractivity contribution in [2.75, 3.05) is 19.6 Å². The molecular weight excluding hydrogens is 481 g/mol. The van der Waals surface area contributed by atoms with E-state index < -0.39 is 5.82 Å². The van der Waals surface area contributed by atoms with Gasteiger partial charge in [-0.2, -0.15) is 0 Å². The second-order valence-electron chi connectivity index (χ2n) is 10.1. The number of nitrogens with two attached hydrogens (primary N) is 1. The van der Waals surface area contributed by atoms with E-state index in [1.165, 1.54) is 50.1 Å². The molecule has 5 rings (SSSR count). The predicted octanol–water partition coefficient (Wildman–Crippen LogP) is 4.58. The maximum Gasteiger partial charge on any atom is 0.258 e. The van der Waals surface area contributed by atoms with Crippen LogP contribution in [0.1, 0.15) is 67.3 Å². The SMILES string of the molecule is CCCCN1[C@@H]2CC[C@H]1CC(Oc1cc(F)ccc1C(=O)N1CC(N)=C(c3ncc(Cl)c(C)n3)C1)C2. The first-order valence-corrected chi connectivity index (χ1v) is 13.2. The van der Waals surface area contributed by atoms with E-state index in [0.717, 1.165) is 19.4 Å². The van der Waals surface area contributed by atoms with Crippen LogP contribution in [-0.4, -0.2) is 63.5 Å². The van der Waals surface area contributed by atoms with Gasteiger partial charge in [0.25, 0.3) is 5.91 Å². The molecular formula is C27H33ClFN5O2. The Hall–Kier alpha value is -2.71. The second kappa shape index (κ2) is 10.3. The first-order chi connectivity index (χ1) is 17.3. The minimum atomic E-state index is -0.422. The van der Waals surface area contributed by atoms with Crippen LogP contribution in [0, 0.1) is 12.7 Å². The number of carbonyl (C=O) groups excluding carboxylic acids is 1. The molecule has 2 aromatic rings. The van der Waals surface area contributed by atoms with Crippen molar-refractivity contribution in [3.63, 3.8) is 0 Å². The van der Waals surface area contributed by atoms with Crippen LogP contribution >= 0.6 is 11.6 Å². The van der Waals surface area contributed by atoms with Gasteiger partial charge in [-0.1, -0.05) is 24.9 Å². The number of unbranched alkanes of at least 4 members (excludes halogenated alkanes) is 1. The topological polar surface area (TPSA) is 84.6 Å². The number of rotatable bonds is 7. The van der Waals surface area contributed by atoms with E-state index in [2.05, 4.69) is 21.8 Å². The van der Waals surface area contributed by atoms with Crippen molar-refractivity contribution >= 4 is 23.1 Å². The molecule has 2 bridgehead atoms. The summed E-state index contributed by atoms with van der Waals surface area (Å²) in [5, 5.41) is 0.474. The van der Waals surface area contributed by atoms with Gasteiger partial charge in [-0.15, -0.1) is 0 Å². The minimum Gasteiger partial charge on any atom is -0.489 e. The van der Waals surface area contributed by atoms with Crippen LogP contribution < -0.4 is 10.5 Å². The molecule has 0 aliphatic carbocycles. The molecule has 4 heterocycles. The fourth-order valence-corrected chi connectivity index (χ4v) is 5.84. The van der Waals surface area contributed by atoms with Crippen LogP contribution in [0.15, 0.2) is 30.1 Å². The summed E-state index contributed by atoms with van der Waals surface area (Å²) in [4.78, 5) is 26.5. The molecule has 2 fully saturated rings. The van der Waals surface area contributed by atoms with E-state index in [9.17, 15) is 9.18 Å². The third kappa shape index (κ3) is 4.93. The fraction of sp³-hybridized carbons (Fsp3) is 0.519. The van der Waals surface area contributed by atoms with Crippen molar-refractivity contribution in [2.24, 2.45) is 5.73 Å². The van der Waals surface area contributed by atoms with Gasteiger partial charge in [-0.3, -0.25) is 9.69 Å². The van der Waals surface area contributed by atoms with Gasteiger partial charge in [0.15, 0.2) is 5.82 Å². The maximum absolute atomic E-state index is 14.3. The maximum atomic E-state index is 14.3. The molecule has 3 aliphatic heterocycles. The number of carbonyl (C=O) groups is 1. The van der Waals surface area contributed by atoms with Gasteiger partial charge in [-0.05, 0) is 57.7 Å². The quantitative estimate of drug-likeness (QED) is 0.583. The van der Waals surface area contributed by atoms with Crippen LogP contribution in [0.25, 0.3) is 5.57 Å². The number of hydrogen-bond donors (Lipinski definition) is 1. The normalized spacial score (nSPS) is 24.0. The van der Waals surface area contributed by atoms with Gasteiger partial charge in [0.05, 0.1) is 29.4 Å². The zero-order chi connectivity index (χ0) is 25.4. The third-order valence-corrected chi connectivity index (χ3v) is 8.02. The third-order valence-electron chi connectivity index (χ3n) is 7.65. The van der Waals surface area contributed by atoms with Crippen molar-refractivity contribution in [1.29, 1.82) is 0 Å². The molecule has 0 radical (unpaired) electrons. The highest BCUT2D eigenvalue weighted by Gasteiger charge is 2.41. The Bertz CT molecular complexity index is 1170. The average Bonchev–Trinajstić information content (AvgIpc) is 3.35. The average molecular weight is 514 g/mol. The van der Waals surface area contributed by atoms with Gasteiger partial charge in [0, 0.05) is 35.6 Å². The summed E-state index contributed by atoms with van der Waals surface area (Å²) in [5.74, 6) is 0.0919. The highest BCUT2D eigenvalue weighted by atomic mass is 35.5. The standard InChI is InChI=1S/C27H33ClFN5O2/c1-3-4-9-34-18-6-7-19(34)12-20(11-18)36-25-10-17(29)5-8-21(25)27(35)33-14-22(24(30)15-33)26-31-13-23(28)16(2)32-26/h5,8,10,13,18-20H,3-4,6-7,9,11-12,14-15,30H2,1-2H3/t18-,19+,20?. The first-order valence-electron chi connectivity index (χ1n) is 12.8. The molecule has 1 aromatic heterocycles. The molecule has 2 saturated heterocycles. The lowest BCUT2D eigenvalue weighted by atomic mass is 9.99. The summed E-state index contributed by atoms with van der Waals surface area (Å²) in [6.07, 6.45) is 8.06. The minimum absolute atomic E-state index is 0.0310. The van der Waals surface area contributed by atoms with Crippen LogP contribution in [-0.2, 0) is 0 Å².